The van der Waals surface area contributed by atoms with Crippen LogP contribution >= 0.6 is 0 Å². The summed E-state index contributed by atoms with van der Waals surface area (Å²) in [7, 11) is 0. The summed E-state index contributed by atoms with van der Waals surface area (Å²) in [5.74, 6) is -1.02. The molecule has 5 nitrogen and oxygen atoms in total. The lowest BCUT2D eigenvalue weighted by Crippen LogP contribution is -2.18. The monoisotopic (exact) mass is 249 g/mol. The van der Waals surface area contributed by atoms with Crippen LogP contribution in [-0.2, 0) is 0 Å². The number of nitriles is 1. The number of aliphatic hydroxyl groups excluding tert-OH is 2. The SMILES string of the molecule is Cc1cc(C(O)C(O)CC#N)cc(C)c1C(=O)O. The number of hydrogen-bond acceptors (Lipinski definition) is 4. The Labute approximate surface area is 105 Å². The van der Waals surface area contributed by atoms with Gasteiger partial charge in [0.15, 0.2) is 0 Å². The van der Waals surface area contributed by atoms with Crippen molar-refractivity contribution in [3.63, 3.8) is 0 Å². The van der Waals surface area contributed by atoms with Gasteiger partial charge in [0.05, 0.1) is 24.2 Å². The van der Waals surface area contributed by atoms with Crippen LogP contribution in [0.1, 0.15) is 39.6 Å². The van der Waals surface area contributed by atoms with Crippen molar-refractivity contribution in [2.24, 2.45) is 0 Å². The van der Waals surface area contributed by atoms with E-state index in [-0.39, 0.29) is 12.0 Å². The molecule has 5 heteroatoms. The van der Waals surface area contributed by atoms with Crippen LogP contribution < -0.4 is 0 Å². The third-order valence-electron chi connectivity index (χ3n) is 2.78. The molecular formula is C13H15NO4. The van der Waals surface area contributed by atoms with Crippen LogP contribution in [-0.4, -0.2) is 27.4 Å². The first-order chi connectivity index (χ1) is 8.38. The molecule has 1 aromatic rings. The molecule has 0 fully saturated rings. The summed E-state index contributed by atoms with van der Waals surface area (Å²) in [6, 6.07) is 4.80. The second-order valence-electron chi connectivity index (χ2n) is 4.21. The summed E-state index contributed by atoms with van der Waals surface area (Å²) in [6.07, 6.45) is -2.55. The zero-order chi connectivity index (χ0) is 13.9. The average Bonchev–Trinajstić information content (AvgIpc) is 2.26. The fourth-order valence-electron chi connectivity index (χ4n) is 1.93. The molecule has 0 spiro atoms. The van der Waals surface area contributed by atoms with Gasteiger partial charge in [-0.15, -0.1) is 0 Å². The number of hydrogen-bond donors (Lipinski definition) is 3. The van der Waals surface area contributed by atoms with Gasteiger partial charge in [0.1, 0.15) is 6.10 Å². The number of carboxylic acid groups (broad SMARTS) is 1. The van der Waals surface area contributed by atoms with Gasteiger partial charge in [-0.25, -0.2) is 4.79 Å². The Morgan fingerprint density at radius 3 is 2.22 bits per heavy atom. The zero-order valence-electron chi connectivity index (χ0n) is 10.2. The normalized spacial score (nSPS) is 13.7. The molecule has 0 aliphatic carbocycles. The summed E-state index contributed by atoms with van der Waals surface area (Å²) in [6.45, 7) is 3.26. The maximum absolute atomic E-state index is 11.0. The third-order valence-corrected chi connectivity index (χ3v) is 2.78. The number of aromatic carboxylic acids is 1. The highest BCUT2D eigenvalue weighted by molar-refractivity contribution is 5.91. The second-order valence-corrected chi connectivity index (χ2v) is 4.21. The van der Waals surface area contributed by atoms with Crippen molar-refractivity contribution in [3.8, 4) is 6.07 Å². The van der Waals surface area contributed by atoms with E-state index in [0.29, 0.717) is 16.7 Å². The minimum atomic E-state index is -1.19. The number of carboxylic acids is 1. The molecule has 0 radical (unpaired) electrons. The lowest BCUT2D eigenvalue weighted by Gasteiger charge is -2.18. The lowest BCUT2D eigenvalue weighted by molar-refractivity contribution is 0.0215. The smallest absolute Gasteiger partial charge is 0.336 e. The number of aryl methyl sites for hydroxylation is 2. The average molecular weight is 249 g/mol. The van der Waals surface area contributed by atoms with Crippen molar-refractivity contribution in [2.45, 2.75) is 32.5 Å². The highest BCUT2D eigenvalue weighted by Gasteiger charge is 2.21. The van der Waals surface area contributed by atoms with Gasteiger partial charge >= 0.3 is 5.97 Å². The van der Waals surface area contributed by atoms with Crippen LogP contribution in [0.15, 0.2) is 12.1 Å². The number of aliphatic hydroxyl groups is 2. The molecular weight excluding hydrogens is 234 g/mol. The highest BCUT2D eigenvalue weighted by atomic mass is 16.4. The third kappa shape index (κ3) is 2.86. The van der Waals surface area contributed by atoms with Gasteiger partial charge in [0, 0.05) is 0 Å². The van der Waals surface area contributed by atoms with Crippen molar-refractivity contribution >= 4 is 5.97 Å². The van der Waals surface area contributed by atoms with Crippen LogP contribution in [0.2, 0.25) is 0 Å². The van der Waals surface area contributed by atoms with E-state index in [1.807, 2.05) is 0 Å². The molecule has 18 heavy (non-hydrogen) atoms. The minimum absolute atomic E-state index is 0.181. The van der Waals surface area contributed by atoms with Gasteiger partial charge < -0.3 is 15.3 Å². The minimum Gasteiger partial charge on any atom is -0.478 e. The first-order valence-electron chi connectivity index (χ1n) is 5.46. The predicted molar refractivity (Wildman–Crippen MR) is 64.1 cm³/mol. The zero-order valence-corrected chi connectivity index (χ0v) is 10.2. The van der Waals surface area contributed by atoms with Crippen LogP contribution in [0, 0.1) is 25.2 Å². The van der Waals surface area contributed by atoms with Crippen LogP contribution in [0.5, 0.6) is 0 Å². The molecule has 0 heterocycles. The fraction of sp³-hybridized carbons (Fsp3) is 0.385. The largest absolute Gasteiger partial charge is 0.478 e. The molecule has 1 aromatic carbocycles. The number of carbonyl (C=O) groups is 1. The van der Waals surface area contributed by atoms with Crippen LogP contribution in [0.25, 0.3) is 0 Å². The summed E-state index contributed by atoms with van der Waals surface area (Å²) in [4.78, 5) is 11.0. The summed E-state index contributed by atoms with van der Waals surface area (Å²) in [5, 5.41) is 36.9. The van der Waals surface area contributed by atoms with Crippen molar-refractivity contribution in [1.29, 1.82) is 5.26 Å². The van der Waals surface area contributed by atoms with E-state index in [1.165, 1.54) is 12.1 Å². The molecule has 0 amide bonds. The van der Waals surface area contributed by atoms with Gasteiger partial charge in [-0.1, -0.05) is 12.1 Å². The number of rotatable bonds is 4. The van der Waals surface area contributed by atoms with E-state index in [2.05, 4.69) is 0 Å². The lowest BCUT2D eigenvalue weighted by atomic mass is 9.94. The maximum atomic E-state index is 11.0. The first-order valence-corrected chi connectivity index (χ1v) is 5.46. The van der Waals surface area contributed by atoms with Crippen molar-refractivity contribution < 1.29 is 20.1 Å². The Hall–Kier alpha value is -1.90. The number of nitrogens with zero attached hydrogens (tertiary/aromatic N) is 1. The Morgan fingerprint density at radius 1 is 1.33 bits per heavy atom. The quantitative estimate of drug-likeness (QED) is 0.746. The van der Waals surface area contributed by atoms with Gasteiger partial charge in [-0.05, 0) is 30.5 Å². The highest BCUT2D eigenvalue weighted by Crippen LogP contribution is 2.24. The maximum Gasteiger partial charge on any atom is 0.336 e. The van der Waals surface area contributed by atoms with Gasteiger partial charge in [-0.2, -0.15) is 5.26 Å². The van der Waals surface area contributed by atoms with E-state index in [4.69, 9.17) is 10.4 Å². The molecule has 3 N–H and O–H groups in total. The predicted octanol–water partition coefficient (Wildman–Crippen LogP) is 1.31. The molecule has 2 unspecified atom stereocenters. The first kappa shape index (κ1) is 14.2. The van der Waals surface area contributed by atoms with Crippen molar-refractivity contribution in [3.05, 3.63) is 34.4 Å². The van der Waals surface area contributed by atoms with Crippen LogP contribution in [0.4, 0.5) is 0 Å². The molecule has 0 aromatic heterocycles. The van der Waals surface area contributed by atoms with E-state index in [0.717, 1.165) is 0 Å². The van der Waals surface area contributed by atoms with Crippen molar-refractivity contribution in [2.75, 3.05) is 0 Å². The Balaban J connectivity index is 3.14. The summed E-state index contributed by atoms with van der Waals surface area (Å²) >= 11 is 0. The van der Waals surface area contributed by atoms with E-state index in [1.54, 1.807) is 19.9 Å². The molecule has 0 aliphatic rings. The van der Waals surface area contributed by atoms with Gasteiger partial charge in [0.2, 0.25) is 0 Å². The Bertz CT molecular complexity index is 481. The van der Waals surface area contributed by atoms with Crippen LogP contribution in [0.3, 0.4) is 0 Å². The fourth-order valence-corrected chi connectivity index (χ4v) is 1.93. The molecule has 1 rings (SSSR count). The Kier molecular flexibility index (Phi) is 4.43. The standard InChI is InChI=1S/C13H15NO4/c1-7-5-9(12(16)10(15)3-4-14)6-8(2)11(7)13(17)18/h5-6,10,12,15-16H,3H2,1-2H3,(H,17,18). The second kappa shape index (κ2) is 5.63. The summed E-state index contributed by atoms with van der Waals surface area (Å²) < 4.78 is 0. The molecule has 0 saturated heterocycles. The van der Waals surface area contributed by atoms with E-state index >= 15 is 0 Å². The molecule has 96 valence electrons. The number of benzene rings is 1. The van der Waals surface area contributed by atoms with E-state index < -0.39 is 18.2 Å². The molecule has 2 atom stereocenters. The molecule has 0 bridgehead atoms. The topological polar surface area (TPSA) is 102 Å². The molecule has 0 aliphatic heterocycles. The van der Waals surface area contributed by atoms with Crippen molar-refractivity contribution in [1.82, 2.24) is 0 Å². The summed E-state index contributed by atoms with van der Waals surface area (Å²) in [5.41, 5.74) is 1.64. The van der Waals surface area contributed by atoms with Gasteiger partial charge in [0.25, 0.3) is 0 Å². The van der Waals surface area contributed by atoms with E-state index in [9.17, 15) is 15.0 Å². The Morgan fingerprint density at radius 2 is 1.83 bits per heavy atom. The van der Waals surface area contributed by atoms with Gasteiger partial charge in [-0.3, -0.25) is 0 Å². The molecule has 0 saturated carbocycles.